The fourth-order valence-corrected chi connectivity index (χ4v) is 2.89. The van der Waals surface area contributed by atoms with Gasteiger partial charge in [-0.2, -0.15) is 0 Å². The lowest BCUT2D eigenvalue weighted by molar-refractivity contribution is -0.120. The fraction of sp³-hybridized carbons (Fsp3) is 0.278. The summed E-state index contributed by atoms with van der Waals surface area (Å²) in [6.45, 7) is 4.50. The highest BCUT2D eigenvalue weighted by atomic mass is 32.2. The molecular weight excluding hydrogens is 297 g/mol. The summed E-state index contributed by atoms with van der Waals surface area (Å²) in [4.78, 5) is 13.2. The number of halogens is 1. The number of rotatable bonds is 6. The van der Waals surface area contributed by atoms with E-state index in [-0.39, 0.29) is 17.0 Å². The lowest BCUT2D eigenvalue weighted by atomic mass is 10.1. The lowest BCUT2D eigenvalue weighted by Crippen LogP contribution is -2.32. The van der Waals surface area contributed by atoms with Gasteiger partial charge in [0.05, 0.1) is 5.25 Å². The molecule has 0 fully saturated rings. The monoisotopic (exact) mass is 317 g/mol. The molecule has 0 saturated carbocycles. The summed E-state index contributed by atoms with van der Waals surface area (Å²) in [5.41, 5.74) is 2.22. The molecule has 0 saturated heterocycles. The molecule has 116 valence electrons. The van der Waals surface area contributed by atoms with Crippen LogP contribution in [0.1, 0.15) is 18.1 Å². The van der Waals surface area contributed by atoms with Crippen molar-refractivity contribution < 1.29 is 9.18 Å². The van der Waals surface area contributed by atoms with Crippen LogP contribution >= 0.6 is 11.8 Å². The summed E-state index contributed by atoms with van der Waals surface area (Å²) in [5.74, 6) is -0.219. The smallest absolute Gasteiger partial charge is 0.233 e. The molecule has 4 heteroatoms. The number of thioether (sulfide) groups is 1. The van der Waals surface area contributed by atoms with Gasteiger partial charge in [-0.15, -0.1) is 11.8 Å². The molecule has 0 aromatic heterocycles. The maximum Gasteiger partial charge on any atom is 0.233 e. The summed E-state index contributed by atoms with van der Waals surface area (Å²) in [6, 6.07) is 14.5. The van der Waals surface area contributed by atoms with Crippen molar-refractivity contribution in [3.63, 3.8) is 0 Å². The zero-order valence-corrected chi connectivity index (χ0v) is 13.6. The molecule has 0 radical (unpaired) electrons. The predicted octanol–water partition coefficient (Wildman–Crippen LogP) is 3.97. The Bertz CT molecular complexity index is 610. The van der Waals surface area contributed by atoms with Crippen molar-refractivity contribution >= 4 is 17.7 Å². The fourth-order valence-electron chi connectivity index (χ4n) is 2.00. The molecule has 22 heavy (non-hydrogen) atoms. The quantitative estimate of drug-likeness (QED) is 0.817. The molecule has 0 unspecified atom stereocenters. The molecule has 0 spiro atoms. The first kappa shape index (κ1) is 16.6. The standard InChI is InChI=1S/C18H20FNOS/c1-13-3-9-17(10-4-13)22-14(2)18(21)20-12-11-15-5-7-16(19)8-6-15/h3-10,14H,11-12H2,1-2H3,(H,20,21)/t14-/m1/s1. The van der Waals surface area contributed by atoms with E-state index in [1.807, 2.05) is 38.1 Å². The van der Waals surface area contributed by atoms with Crippen molar-refractivity contribution in [2.24, 2.45) is 0 Å². The number of hydrogen-bond donors (Lipinski definition) is 1. The van der Waals surface area contributed by atoms with Gasteiger partial charge in [0, 0.05) is 11.4 Å². The van der Waals surface area contributed by atoms with Crippen LogP contribution in [0.4, 0.5) is 4.39 Å². The molecule has 0 aliphatic heterocycles. The number of carbonyl (C=O) groups excluding carboxylic acids is 1. The van der Waals surface area contributed by atoms with Gasteiger partial charge in [-0.05, 0) is 50.1 Å². The minimum Gasteiger partial charge on any atom is -0.355 e. The van der Waals surface area contributed by atoms with E-state index >= 15 is 0 Å². The molecule has 2 aromatic carbocycles. The van der Waals surface area contributed by atoms with E-state index in [9.17, 15) is 9.18 Å². The number of amides is 1. The zero-order chi connectivity index (χ0) is 15.9. The zero-order valence-electron chi connectivity index (χ0n) is 12.8. The first-order valence-corrected chi connectivity index (χ1v) is 8.18. The van der Waals surface area contributed by atoms with Crippen LogP contribution in [0.5, 0.6) is 0 Å². The van der Waals surface area contributed by atoms with Crippen molar-refractivity contribution in [1.82, 2.24) is 5.32 Å². The highest BCUT2D eigenvalue weighted by molar-refractivity contribution is 8.00. The third-order valence-corrected chi connectivity index (χ3v) is 4.44. The van der Waals surface area contributed by atoms with Gasteiger partial charge in [-0.3, -0.25) is 4.79 Å². The molecule has 2 aromatic rings. The number of aryl methyl sites for hydroxylation is 1. The number of nitrogens with one attached hydrogen (secondary N) is 1. The topological polar surface area (TPSA) is 29.1 Å². The highest BCUT2D eigenvalue weighted by Crippen LogP contribution is 2.23. The second kappa shape index (κ2) is 7.99. The second-order valence-corrected chi connectivity index (χ2v) is 6.65. The third kappa shape index (κ3) is 5.19. The van der Waals surface area contributed by atoms with Gasteiger partial charge in [0.2, 0.25) is 5.91 Å². The summed E-state index contributed by atoms with van der Waals surface area (Å²) >= 11 is 1.55. The molecule has 0 bridgehead atoms. The summed E-state index contributed by atoms with van der Waals surface area (Å²) in [5, 5.41) is 2.78. The van der Waals surface area contributed by atoms with Crippen molar-refractivity contribution in [3.8, 4) is 0 Å². The van der Waals surface area contributed by atoms with E-state index in [1.165, 1.54) is 17.7 Å². The Morgan fingerprint density at radius 3 is 2.41 bits per heavy atom. The maximum atomic E-state index is 12.8. The lowest BCUT2D eigenvalue weighted by Gasteiger charge is -2.12. The normalized spacial score (nSPS) is 12.0. The van der Waals surface area contributed by atoms with Gasteiger partial charge in [0.25, 0.3) is 0 Å². The molecule has 1 N–H and O–H groups in total. The summed E-state index contributed by atoms with van der Waals surface area (Å²) < 4.78 is 12.8. The van der Waals surface area contributed by atoms with Crippen molar-refractivity contribution in [2.45, 2.75) is 30.4 Å². The van der Waals surface area contributed by atoms with Gasteiger partial charge in [0.1, 0.15) is 5.82 Å². The molecular formula is C18H20FNOS. The molecule has 1 atom stereocenters. The largest absolute Gasteiger partial charge is 0.355 e. The van der Waals surface area contributed by atoms with Crippen LogP contribution in [0, 0.1) is 12.7 Å². The van der Waals surface area contributed by atoms with E-state index in [0.717, 1.165) is 10.5 Å². The first-order valence-electron chi connectivity index (χ1n) is 7.30. The number of benzene rings is 2. The van der Waals surface area contributed by atoms with Crippen LogP contribution in [0.3, 0.4) is 0 Å². The highest BCUT2D eigenvalue weighted by Gasteiger charge is 2.13. The van der Waals surface area contributed by atoms with Gasteiger partial charge in [0.15, 0.2) is 0 Å². The molecule has 0 heterocycles. The second-order valence-electron chi connectivity index (χ2n) is 5.24. The molecule has 0 aliphatic rings. The van der Waals surface area contributed by atoms with Gasteiger partial charge in [-0.25, -0.2) is 4.39 Å². The van der Waals surface area contributed by atoms with Crippen LogP contribution in [0.15, 0.2) is 53.4 Å². The summed E-state index contributed by atoms with van der Waals surface area (Å²) in [7, 11) is 0. The van der Waals surface area contributed by atoms with Crippen LogP contribution in [-0.2, 0) is 11.2 Å². The van der Waals surface area contributed by atoms with Crippen molar-refractivity contribution in [3.05, 3.63) is 65.5 Å². The van der Waals surface area contributed by atoms with Crippen molar-refractivity contribution in [1.29, 1.82) is 0 Å². The third-order valence-electron chi connectivity index (χ3n) is 3.33. The van der Waals surface area contributed by atoms with E-state index in [4.69, 9.17) is 0 Å². The van der Waals surface area contributed by atoms with E-state index in [0.29, 0.717) is 13.0 Å². The Labute approximate surface area is 135 Å². The molecule has 2 nitrogen and oxygen atoms in total. The first-order chi connectivity index (χ1) is 10.5. The Morgan fingerprint density at radius 2 is 1.77 bits per heavy atom. The van der Waals surface area contributed by atoms with Crippen molar-refractivity contribution in [2.75, 3.05) is 6.54 Å². The Kier molecular flexibility index (Phi) is 6.01. The average molecular weight is 317 g/mol. The van der Waals surface area contributed by atoms with Gasteiger partial charge in [-0.1, -0.05) is 29.8 Å². The van der Waals surface area contributed by atoms with Crippen LogP contribution in [0.2, 0.25) is 0 Å². The van der Waals surface area contributed by atoms with Crippen LogP contribution < -0.4 is 5.32 Å². The molecule has 0 aliphatic carbocycles. The van der Waals surface area contributed by atoms with E-state index < -0.39 is 0 Å². The van der Waals surface area contributed by atoms with Crippen LogP contribution in [-0.4, -0.2) is 17.7 Å². The van der Waals surface area contributed by atoms with E-state index in [1.54, 1.807) is 23.9 Å². The summed E-state index contributed by atoms with van der Waals surface area (Å²) in [6.07, 6.45) is 0.702. The van der Waals surface area contributed by atoms with E-state index in [2.05, 4.69) is 5.32 Å². The molecule has 1 amide bonds. The molecule has 2 rings (SSSR count). The Morgan fingerprint density at radius 1 is 1.14 bits per heavy atom. The minimum atomic E-state index is -0.240. The van der Waals surface area contributed by atoms with Crippen LogP contribution in [0.25, 0.3) is 0 Å². The SMILES string of the molecule is Cc1ccc(S[C@H](C)C(=O)NCCc2ccc(F)cc2)cc1. The Hall–Kier alpha value is -1.81. The van der Waals surface area contributed by atoms with Gasteiger partial charge >= 0.3 is 0 Å². The van der Waals surface area contributed by atoms with Gasteiger partial charge < -0.3 is 5.32 Å². The number of carbonyl (C=O) groups is 1. The predicted molar refractivity (Wildman–Crippen MR) is 89.6 cm³/mol. The average Bonchev–Trinajstić information content (AvgIpc) is 2.51. The maximum absolute atomic E-state index is 12.8. The minimum absolute atomic E-state index is 0.0210. The Balaban J connectivity index is 1.76. The number of hydrogen-bond acceptors (Lipinski definition) is 2.